The molecule has 2 N–H and O–H groups in total. The number of aromatic nitrogens is 2. The number of carbonyl (C=O) groups is 1. The normalized spacial score (nSPS) is 20.8. The van der Waals surface area contributed by atoms with Crippen LogP contribution in [-0.4, -0.2) is 40.2 Å². The van der Waals surface area contributed by atoms with E-state index in [2.05, 4.69) is 15.2 Å². The highest BCUT2D eigenvalue weighted by Crippen LogP contribution is 2.35. The summed E-state index contributed by atoms with van der Waals surface area (Å²) in [5.41, 5.74) is 1.37. The molecular weight excluding hydrogens is 400 g/mol. The van der Waals surface area contributed by atoms with Gasteiger partial charge in [0, 0.05) is 30.9 Å². The molecule has 2 aromatic heterocycles. The van der Waals surface area contributed by atoms with Crippen molar-refractivity contribution in [2.45, 2.75) is 18.1 Å². The van der Waals surface area contributed by atoms with Crippen LogP contribution < -0.4 is 10.2 Å². The van der Waals surface area contributed by atoms with Crippen molar-refractivity contribution in [1.82, 2.24) is 15.3 Å². The fourth-order valence-corrected chi connectivity index (χ4v) is 4.44. The number of rotatable bonds is 4. The molecule has 32 heavy (non-hydrogen) atoms. The summed E-state index contributed by atoms with van der Waals surface area (Å²) in [5, 5.41) is 15.6. The number of β-amino-alcohol motifs (C(OH)–C–C–N with tert-alkyl or cyclic N) is 1. The lowest BCUT2D eigenvalue weighted by Gasteiger charge is -2.46. The van der Waals surface area contributed by atoms with E-state index in [-0.39, 0.29) is 5.91 Å². The fraction of sp³-hybridized carbons (Fsp3) is 0.192. The molecule has 0 aliphatic carbocycles. The molecule has 2 atom stereocenters. The van der Waals surface area contributed by atoms with E-state index in [0.29, 0.717) is 25.1 Å². The summed E-state index contributed by atoms with van der Waals surface area (Å²) in [6.45, 7) is 0.998. The van der Waals surface area contributed by atoms with Crippen LogP contribution in [-0.2, 0) is 5.54 Å². The molecule has 0 bridgehead atoms. The maximum absolute atomic E-state index is 13.0. The number of nitrogens with zero attached hydrogens (tertiary/aromatic N) is 3. The van der Waals surface area contributed by atoms with E-state index in [1.165, 1.54) is 6.20 Å². The monoisotopic (exact) mass is 424 g/mol. The minimum Gasteiger partial charge on any atom is -0.388 e. The third kappa shape index (κ3) is 3.69. The van der Waals surface area contributed by atoms with Gasteiger partial charge in [0.2, 0.25) is 0 Å². The van der Waals surface area contributed by atoms with Crippen LogP contribution in [0.2, 0.25) is 0 Å². The molecule has 6 nitrogen and oxygen atoms in total. The second-order valence-corrected chi connectivity index (χ2v) is 8.11. The zero-order chi connectivity index (χ0) is 22.0. The summed E-state index contributed by atoms with van der Waals surface area (Å²) in [6.07, 6.45) is 2.88. The van der Waals surface area contributed by atoms with Gasteiger partial charge in [0.15, 0.2) is 0 Å². The molecule has 1 fully saturated rings. The minimum atomic E-state index is -0.901. The number of aliphatic hydroxyl groups excluding tert-OH is 1. The Balaban J connectivity index is 1.45. The van der Waals surface area contributed by atoms with Gasteiger partial charge >= 0.3 is 0 Å². The predicted octanol–water partition coefficient (Wildman–Crippen LogP) is 3.53. The fourth-order valence-electron chi connectivity index (χ4n) is 4.44. The van der Waals surface area contributed by atoms with Gasteiger partial charge < -0.3 is 15.3 Å². The zero-order valence-electron chi connectivity index (χ0n) is 17.6. The average Bonchev–Trinajstić information content (AvgIpc) is 2.86. The molecule has 1 amide bonds. The van der Waals surface area contributed by atoms with Crippen molar-refractivity contribution in [2.24, 2.45) is 0 Å². The number of para-hydroxylation sites is 1. The SMILES string of the molecule is O=C(N[C@@]1(c2ccccc2)CCN(c2ccc3ccccc3n2)C[C@H]1O)c1cccnc1. The van der Waals surface area contributed by atoms with E-state index in [9.17, 15) is 9.90 Å². The molecule has 160 valence electrons. The summed E-state index contributed by atoms with van der Waals surface area (Å²) >= 11 is 0. The smallest absolute Gasteiger partial charge is 0.253 e. The van der Waals surface area contributed by atoms with Crippen molar-refractivity contribution in [3.05, 3.63) is 102 Å². The van der Waals surface area contributed by atoms with Crippen LogP contribution in [0.5, 0.6) is 0 Å². The Labute approximate surface area is 186 Å². The number of fused-ring (bicyclic) bond motifs is 1. The van der Waals surface area contributed by atoms with Gasteiger partial charge in [0.25, 0.3) is 5.91 Å². The van der Waals surface area contributed by atoms with Crippen molar-refractivity contribution in [2.75, 3.05) is 18.0 Å². The third-order valence-electron chi connectivity index (χ3n) is 6.20. The highest BCUT2D eigenvalue weighted by molar-refractivity contribution is 5.94. The molecule has 1 aliphatic rings. The molecule has 6 heteroatoms. The van der Waals surface area contributed by atoms with Gasteiger partial charge in [-0.05, 0) is 42.3 Å². The number of carbonyl (C=O) groups excluding carboxylic acids is 1. The molecule has 0 saturated carbocycles. The van der Waals surface area contributed by atoms with E-state index in [4.69, 9.17) is 4.98 Å². The lowest BCUT2D eigenvalue weighted by molar-refractivity contribution is 0.0364. The van der Waals surface area contributed by atoms with Crippen molar-refractivity contribution >= 4 is 22.6 Å². The number of benzene rings is 2. The van der Waals surface area contributed by atoms with Gasteiger partial charge in [-0.2, -0.15) is 0 Å². The Kier molecular flexibility index (Phi) is 5.29. The number of aliphatic hydroxyl groups is 1. The Morgan fingerprint density at radius 2 is 1.81 bits per heavy atom. The third-order valence-corrected chi connectivity index (χ3v) is 6.20. The summed E-state index contributed by atoms with van der Waals surface area (Å²) in [4.78, 5) is 24.0. The summed E-state index contributed by atoms with van der Waals surface area (Å²) < 4.78 is 0. The number of pyridine rings is 2. The number of amides is 1. The van der Waals surface area contributed by atoms with Gasteiger partial charge in [-0.25, -0.2) is 4.98 Å². The Bertz CT molecular complexity index is 1230. The Morgan fingerprint density at radius 3 is 2.59 bits per heavy atom. The molecule has 3 heterocycles. The number of hydrogen-bond donors (Lipinski definition) is 2. The van der Waals surface area contributed by atoms with Gasteiger partial charge in [0.1, 0.15) is 5.82 Å². The summed E-state index contributed by atoms with van der Waals surface area (Å²) in [7, 11) is 0. The lowest BCUT2D eigenvalue weighted by atomic mass is 9.78. The number of hydrogen-bond acceptors (Lipinski definition) is 5. The van der Waals surface area contributed by atoms with Gasteiger partial charge in [0.05, 0.1) is 22.7 Å². The highest BCUT2D eigenvalue weighted by atomic mass is 16.3. The van der Waals surface area contributed by atoms with E-state index < -0.39 is 11.6 Å². The van der Waals surface area contributed by atoms with Crippen LogP contribution in [0.1, 0.15) is 22.3 Å². The van der Waals surface area contributed by atoms with Crippen molar-refractivity contribution in [3.63, 3.8) is 0 Å². The van der Waals surface area contributed by atoms with Crippen LogP contribution in [0, 0.1) is 0 Å². The second-order valence-electron chi connectivity index (χ2n) is 8.11. The molecule has 0 unspecified atom stereocenters. The van der Waals surface area contributed by atoms with E-state index >= 15 is 0 Å². The topological polar surface area (TPSA) is 78.4 Å². The molecule has 0 spiro atoms. The maximum atomic E-state index is 13.0. The lowest BCUT2D eigenvalue weighted by Crippen LogP contribution is -2.62. The Morgan fingerprint density at radius 1 is 1.00 bits per heavy atom. The average molecular weight is 425 g/mol. The molecule has 2 aromatic carbocycles. The standard InChI is InChI=1S/C26H24N4O2/c31-23-18-30(24-13-12-19-7-4-5-11-22(19)28-24)16-14-26(23,21-9-2-1-3-10-21)29-25(32)20-8-6-15-27-17-20/h1-13,15,17,23,31H,14,16,18H2,(H,29,32)/t23-,26-/m1/s1. The summed E-state index contributed by atoms with van der Waals surface area (Å²) in [5.74, 6) is 0.571. The van der Waals surface area contributed by atoms with Crippen LogP contribution in [0.15, 0.2) is 91.3 Å². The minimum absolute atomic E-state index is 0.252. The zero-order valence-corrected chi connectivity index (χ0v) is 17.6. The van der Waals surface area contributed by atoms with Crippen LogP contribution in [0.3, 0.4) is 0 Å². The first-order valence-electron chi connectivity index (χ1n) is 10.7. The Hall–Kier alpha value is -3.77. The van der Waals surface area contributed by atoms with Crippen LogP contribution in [0.4, 0.5) is 5.82 Å². The first-order chi connectivity index (χ1) is 15.7. The van der Waals surface area contributed by atoms with Gasteiger partial charge in [-0.1, -0.05) is 48.5 Å². The molecule has 4 aromatic rings. The molecule has 1 saturated heterocycles. The molecule has 1 aliphatic heterocycles. The van der Waals surface area contributed by atoms with Crippen molar-refractivity contribution in [3.8, 4) is 0 Å². The maximum Gasteiger partial charge on any atom is 0.253 e. The molecular formula is C26H24N4O2. The second kappa shape index (κ2) is 8.40. The molecule has 5 rings (SSSR count). The largest absolute Gasteiger partial charge is 0.388 e. The summed E-state index contributed by atoms with van der Waals surface area (Å²) in [6, 6.07) is 25.2. The number of nitrogens with one attached hydrogen (secondary N) is 1. The van der Waals surface area contributed by atoms with E-state index in [1.54, 1.807) is 18.3 Å². The molecule has 0 radical (unpaired) electrons. The van der Waals surface area contributed by atoms with Crippen molar-refractivity contribution < 1.29 is 9.90 Å². The quantitative estimate of drug-likeness (QED) is 0.524. The number of piperidine rings is 1. The van der Waals surface area contributed by atoms with Crippen LogP contribution >= 0.6 is 0 Å². The van der Waals surface area contributed by atoms with E-state index in [0.717, 1.165) is 22.3 Å². The van der Waals surface area contributed by atoms with Gasteiger partial charge in [-0.3, -0.25) is 9.78 Å². The van der Waals surface area contributed by atoms with E-state index in [1.807, 2.05) is 66.7 Å². The first kappa shape index (κ1) is 20.2. The highest BCUT2D eigenvalue weighted by Gasteiger charge is 2.45. The predicted molar refractivity (Wildman–Crippen MR) is 124 cm³/mol. The van der Waals surface area contributed by atoms with Crippen LogP contribution in [0.25, 0.3) is 10.9 Å². The van der Waals surface area contributed by atoms with Gasteiger partial charge in [-0.15, -0.1) is 0 Å². The first-order valence-corrected chi connectivity index (χ1v) is 10.7. The number of anilines is 1. The van der Waals surface area contributed by atoms with Crippen molar-refractivity contribution in [1.29, 1.82) is 0 Å².